The van der Waals surface area contributed by atoms with Crippen LogP contribution in [0.3, 0.4) is 0 Å². The summed E-state index contributed by atoms with van der Waals surface area (Å²) in [5, 5.41) is -0.105. The second-order valence-electron chi connectivity index (χ2n) is 6.30. The summed E-state index contributed by atoms with van der Waals surface area (Å²) in [6, 6.07) is 3.76. The van der Waals surface area contributed by atoms with Crippen LogP contribution in [0, 0.1) is 0 Å². The van der Waals surface area contributed by atoms with Crippen LogP contribution in [0.5, 0.6) is 11.6 Å². The number of ether oxygens (including phenoxy) is 2. The lowest BCUT2D eigenvalue weighted by Gasteiger charge is -2.19. The number of nitrogens with zero attached hydrogens (tertiary/aromatic N) is 1. The fourth-order valence-electron chi connectivity index (χ4n) is 2.56. The van der Waals surface area contributed by atoms with E-state index in [9.17, 15) is 13.2 Å². The van der Waals surface area contributed by atoms with Crippen LogP contribution >= 0.6 is 15.9 Å². The molecule has 0 bridgehead atoms. The van der Waals surface area contributed by atoms with Crippen LogP contribution in [0.1, 0.15) is 39.2 Å². The molecule has 144 valence electrons. The quantitative estimate of drug-likeness (QED) is 0.641. The number of aromatic nitrogens is 1. The van der Waals surface area contributed by atoms with Gasteiger partial charge in [0.05, 0.1) is 27.0 Å². The number of hydrogen-bond acceptors (Lipinski definition) is 4. The molecule has 2 aromatic rings. The van der Waals surface area contributed by atoms with Crippen LogP contribution in [0.4, 0.5) is 13.2 Å². The predicted molar refractivity (Wildman–Crippen MR) is 98.6 cm³/mol. The van der Waals surface area contributed by atoms with Crippen molar-refractivity contribution in [3.8, 4) is 11.6 Å². The van der Waals surface area contributed by atoms with E-state index in [1.54, 1.807) is 19.9 Å². The van der Waals surface area contributed by atoms with Gasteiger partial charge in [-0.3, -0.25) is 0 Å². The molecule has 26 heavy (non-hydrogen) atoms. The van der Waals surface area contributed by atoms with Crippen molar-refractivity contribution >= 4 is 26.8 Å². The van der Waals surface area contributed by atoms with Crippen molar-refractivity contribution in [3.05, 3.63) is 28.2 Å². The third-order valence-electron chi connectivity index (χ3n) is 3.62. The molecule has 2 rings (SSSR count). The highest BCUT2D eigenvalue weighted by atomic mass is 79.9. The molecular formula is C18H22BrF3N2O2. The Bertz CT molecular complexity index is 766. The Morgan fingerprint density at radius 1 is 1.27 bits per heavy atom. The zero-order chi connectivity index (χ0) is 19.5. The minimum absolute atomic E-state index is 0.0734. The maximum absolute atomic E-state index is 13.7. The molecule has 0 aliphatic rings. The lowest BCUT2D eigenvalue weighted by Crippen LogP contribution is -2.27. The standard InChI is InChI=1S/C18H22BrF3N2O2/c1-4-5-11(23)9-25-17-13(19)6-7-14-16(17)12(18(20,21)22)8-15(24-14)26-10(2)3/h6-8,10-11H,4-5,9,23H2,1-3H3. The average Bonchev–Trinajstić information content (AvgIpc) is 2.52. The van der Waals surface area contributed by atoms with Crippen molar-refractivity contribution < 1.29 is 22.6 Å². The second kappa shape index (κ2) is 8.43. The molecule has 4 nitrogen and oxygen atoms in total. The maximum Gasteiger partial charge on any atom is 0.417 e. The summed E-state index contributed by atoms with van der Waals surface area (Å²) >= 11 is 3.27. The maximum atomic E-state index is 13.7. The second-order valence-corrected chi connectivity index (χ2v) is 7.16. The van der Waals surface area contributed by atoms with Crippen molar-refractivity contribution in [1.29, 1.82) is 0 Å². The van der Waals surface area contributed by atoms with Gasteiger partial charge in [-0.1, -0.05) is 13.3 Å². The molecule has 2 N–H and O–H groups in total. The summed E-state index contributed by atoms with van der Waals surface area (Å²) in [6.45, 7) is 5.55. The highest BCUT2D eigenvalue weighted by Crippen LogP contribution is 2.43. The van der Waals surface area contributed by atoms with Gasteiger partial charge in [-0.2, -0.15) is 13.2 Å². The molecule has 1 atom stereocenters. The minimum Gasteiger partial charge on any atom is -0.490 e. The minimum atomic E-state index is -4.58. The van der Waals surface area contributed by atoms with Crippen molar-refractivity contribution in [2.24, 2.45) is 5.73 Å². The van der Waals surface area contributed by atoms with Crippen LogP contribution in [0.25, 0.3) is 10.9 Å². The third-order valence-corrected chi connectivity index (χ3v) is 4.24. The van der Waals surface area contributed by atoms with E-state index in [2.05, 4.69) is 20.9 Å². The number of alkyl halides is 3. The van der Waals surface area contributed by atoms with Gasteiger partial charge >= 0.3 is 6.18 Å². The topological polar surface area (TPSA) is 57.4 Å². The predicted octanol–water partition coefficient (Wildman–Crippen LogP) is 5.31. The molecule has 0 saturated carbocycles. The van der Waals surface area contributed by atoms with Gasteiger partial charge in [-0.15, -0.1) is 0 Å². The molecule has 0 spiro atoms. The normalized spacial score (nSPS) is 13.3. The molecule has 1 aromatic carbocycles. The molecular weight excluding hydrogens is 413 g/mol. The number of hydrogen-bond donors (Lipinski definition) is 1. The molecule has 0 amide bonds. The van der Waals surface area contributed by atoms with Crippen molar-refractivity contribution in [3.63, 3.8) is 0 Å². The summed E-state index contributed by atoms with van der Waals surface area (Å²) in [5.41, 5.74) is 5.23. The van der Waals surface area contributed by atoms with E-state index < -0.39 is 11.7 Å². The first-order chi connectivity index (χ1) is 12.1. The van der Waals surface area contributed by atoms with Crippen LogP contribution in [0.2, 0.25) is 0 Å². The molecule has 0 aliphatic carbocycles. The van der Waals surface area contributed by atoms with E-state index in [-0.39, 0.29) is 41.3 Å². The van der Waals surface area contributed by atoms with E-state index in [1.165, 1.54) is 6.07 Å². The number of fused-ring (bicyclic) bond motifs is 1. The van der Waals surface area contributed by atoms with Gasteiger partial charge in [0.15, 0.2) is 0 Å². The average molecular weight is 435 g/mol. The lowest BCUT2D eigenvalue weighted by atomic mass is 10.1. The van der Waals surface area contributed by atoms with Gasteiger partial charge < -0.3 is 15.2 Å². The smallest absolute Gasteiger partial charge is 0.417 e. The van der Waals surface area contributed by atoms with E-state index in [4.69, 9.17) is 15.2 Å². The van der Waals surface area contributed by atoms with Gasteiger partial charge in [0.2, 0.25) is 5.88 Å². The van der Waals surface area contributed by atoms with Crippen LogP contribution in [-0.4, -0.2) is 23.7 Å². The third kappa shape index (κ3) is 5.01. The highest BCUT2D eigenvalue weighted by Gasteiger charge is 2.35. The first-order valence-corrected chi connectivity index (χ1v) is 9.18. The van der Waals surface area contributed by atoms with Crippen molar-refractivity contribution in [1.82, 2.24) is 4.98 Å². The molecule has 1 aromatic heterocycles. The van der Waals surface area contributed by atoms with Crippen LogP contribution < -0.4 is 15.2 Å². The first-order valence-electron chi connectivity index (χ1n) is 8.39. The molecule has 0 saturated heterocycles. The molecule has 1 heterocycles. The largest absolute Gasteiger partial charge is 0.490 e. The van der Waals surface area contributed by atoms with E-state index >= 15 is 0 Å². The van der Waals surface area contributed by atoms with Gasteiger partial charge in [0.1, 0.15) is 12.4 Å². The van der Waals surface area contributed by atoms with Gasteiger partial charge in [-0.05, 0) is 48.3 Å². The zero-order valence-electron chi connectivity index (χ0n) is 14.9. The fourth-order valence-corrected chi connectivity index (χ4v) is 3.00. The van der Waals surface area contributed by atoms with Crippen LogP contribution in [0.15, 0.2) is 22.7 Å². The van der Waals surface area contributed by atoms with E-state index in [1.807, 2.05) is 6.92 Å². The van der Waals surface area contributed by atoms with Gasteiger partial charge in [-0.25, -0.2) is 4.98 Å². The Balaban J connectivity index is 2.59. The van der Waals surface area contributed by atoms with Gasteiger partial charge in [0.25, 0.3) is 0 Å². The summed E-state index contributed by atoms with van der Waals surface area (Å²) in [6.07, 6.45) is -3.29. The molecule has 0 fully saturated rings. The fraction of sp³-hybridized carbons (Fsp3) is 0.500. The summed E-state index contributed by atoms with van der Waals surface area (Å²) in [4.78, 5) is 4.20. The number of halogens is 4. The SMILES string of the molecule is CCCC(N)COc1c(Br)ccc2nc(OC(C)C)cc(C(F)(F)F)c12. The van der Waals surface area contributed by atoms with Gasteiger partial charge in [0, 0.05) is 12.1 Å². The monoisotopic (exact) mass is 434 g/mol. The number of rotatable bonds is 7. The molecule has 8 heteroatoms. The Kier molecular flexibility index (Phi) is 6.74. The number of pyridine rings is 1. The van der Waals surface area contributed by atoms with E-state index in [0.717, 1.165) is 18.9 Å². The summed E-state index contributed by atoms with van der Waals surface area (Å²) < 4.78 is 52.5. The molecule has 1 unspecified atom stereocenters. The Labute approximate surface area is 159 Å². The van der Waals surface area contributed by atoms with Crippen molar-refractivity contribution in [2.45, 2.75) is 51.9 Å². The summed E-state index contributed by atoms with van der Waals surface area (Å²) in [7, 11) is 0. The Morgan fingerprint density at radius 2 is 1.96 bits per heavy atom. The van der Waals surface area contributed by atoms with Crippen molar-refractivity contribution in [2.75, 3.05) is 6.61 Å². The number of benzene rings is 1. The zero-order valence-corrected chi connectivity index (χ0v) is 16.4. The van der Waals surface area contributed by atoms with E-state index in [0.29, 0.717) is 4.47 Å². The molecule has 0 radical (unpaired) electrons. The number of nitrogens with two attached hydrogens (primary N) is 1. The molecule has 0 aliphatic heterocycles. The van der Waals surface area contributed by atoms with Crippen LogP contribution in [-0.2, 0) is 6.18 Å². The summed E-state index contributed by atoms with van der Waals surface area (Å²) in [5.74, 6) is 0.0146. The Morgan fingerprint density at radius 3 is 2.54 bits per heavy atom. The highest BCUT2D eigenvalue weighted by molar-refractivity contribution is 9.10. The lowest BCUT2D eigenvalue weighted by molar-refractivity contribution is -0.136. The first kappa shape index (κ1) is 20.8. The Hall–Kier alpha value is -1.54.